The zero-order valence-corrected chi connectivity index (χ0v) is 26.5. The van der Waals surface area contributed by atoms with Crippen molar-refractivity contribution in [1.82, 2.24) is 0 Å². The first kappa shape index (κ1) is 27.6. The number of halogens is 3. The van der Waals surface area contributed by atoms with E-state index in [1.807, 2.05) is 0 Å². The van der Waals surface area contributed by atoms with Crippen molar-refractivity contribution in [2.24, 2.45) is 0 Å². The molecule has 0 saturated carbocycles. The molecule has 192 valence electrons. The third-order valence-electron chi connectivity index (χ3n) is 6.70. The van der Waals surface area contributed by atoms with E-state index in [-0.39, 0.29) is 0 Å². The molecular formula is C36H27Br3. The molecule has 0 amide bonds. The molecule has 0 unspecified atom stereocenters. The lowest BCUT2D eigenvalue weighted by Gasteiger charge is -2.25. The molecule has 0 aromatic heterocycles. The summed E-state index contributed by atoms with van der Waals surface area (Å²) in [5, 5.41) is 2.42. The van der Waals surface area contributed by atoms with Crippen molar-refractivity contribution < 1.29 is 0 Å². The topological polar surface area (TPSA) is 0 Å². The quantitative estimate of drug-likeness (QED) is 0.155. The summed E-state index contributed by atoms with van der Waals surface area (Å²) in [5.74, 6) is 0. The molecule has 0 aliphatic rings. The summed E-state index contributed by atoms with van der Waals surface area (Å²) in [6, 6.07) is 34.8. The van der Waals surface area contributed by atoms with Crippen molar-refractivity contribution in [3.05, 3.63) is 146 Å². The predicted molar refractivity (Wildman–Crippen MR) is 181 cm³/mol. The van der Waals surface area contributed by atoms with Crippen LogP contribution in [0.25, 0.3) is 49.7 Å². The van der Waals surface area contributed by atoms with E-state index in [2.05, 4.69) is 189 Å². The van der Waals surface area contributed by atoms with E-state index >= 15 is 0 Å². The lowest BCUT2D eigenvalue weighted by molar-refractivity contribution is 1.54. The first-order valence-electron chi connectivity index (χ1n) is 12.8. The molecule has 3 heteroatoms. The zero-order valence-electron chi connectivity index (χ0n) is 21.8. The van der Waals surface area contributed by atoms with Crippen LogP contribution in [0.3, 0.4) is 0 Å². The van der Waals surface area contributed by atoms with Gasteiger partial charge in [-0.2, -0.15) is 0 Å². The maximum absolute atomic E-state index is 3.78. The molecule has 0 aliphatic carbocycles. The number of fused-ring (bicyclic) bond motifs is 1. The minimum Gasteiger partial charge on any atom is -0.0876 e. The van der Waals surface area contributed by atoms with E-state index in [9.17, 15) is 0 Å². The predicted octanol–water partition coefficient (Wildman–Crippen LogP) is 12.7. The van der Waals surface area contributed by atoms with Gasteiger partial charge in [-0.15, -0.1) is 0 Å². The highest BCUT2D eigenvalue weighted by Gasteiger charge is 2.24. The molecule has 5 aromatic carbocycles. The average Bonchev–Trinajstić information content (AvgIpc) is 2.95. The van der Waals surface area contributed by atoms with Crippen LogP contribution in [0.4, 0.5) is 0 Å². The van der Waals surface area contributed by atoms with Crippen LogP contribution >= 0.6 is 47.8 Å². The van der Waals surface area contributed by atoms with Gasteiger partial charge in [0.25, 0.3) is 0 Å². The molecule has 5 aromatic rings. The molecule has 0 heterocycles. The Kier molecular flexibility index (Phi) is 8.82. The summed E-state index contributed by atoms with van der Waals surface area (Å²) in [4.78, 5) is 0. The van der Waals surface area contributed by atoms with E-state index in [1.54, 1.807) is 0 Å². The van der Waals surface area contributed by atoms with Gasteiger partial charge in [0.05, 0.1) is 0 Å². The molecule has 0 bridgehead atoms. The molecule has 0 nitrogen and oxygen atoms in total. The molecule has 0 saturated heterocycles. The zero-order chi connectivity index (χ0) is 27.4. The molecule has 0 fully saturated rings. The lowest BCUT2D eigenvalue weighted by Crippen LogP contribution is -2.00. The Morgan fingerprint density at radius 2 is 1.10 bits per heavy atom. The summed E-state index contributed by atoms with van der Waals surface area (Å²) in [6.45, 7) is 4.14. The fourth-order valence-electron chi connectivity index (χ4n) is 5.08. The summed E-state index contributed by atoms with van der Waals surface area (Å²) in [7, 11) is 0. The highest BCUT2D eigenvalue weighted by molar-refractivity contribution is 9.11. The maximum Gasteiger partial charge on any atom is 0.0181 e. The summed E-state index contributed by atoms with van der Waals surface area (Å²) in [6.07, 6.45) is 10.8. The SMILES string of the molecule is C\C=C/C=C(\C=C/C)c1c(-c2ccccc2)c(-c2ccc(Br)cc2)c2cc(Br)ccc2c1-c1ccc(Br)cc1. The van der Waals surface area contributed by atoms with Crippen LogP contribution in [0.2, 0.25) is 0 Å². The second-order valence-corrected chi connectivity index (χ2v) is 12.0. The van der Waals surface area contributed by atoms with E-state index in [0.717, 1.165) is 19.0 Å². The van der Waals surface area contributed by atoms with Gasteiger partial charge in [-0.05, 0) is 106 Å². The van der Waals surface area contributed by atoms with E-state index in [1.165, 1.54) is 49.7 Å². The third kappa shape index (κ3) is 5.82. The van der Waals surface area contributed by atoms with E-state index in [4.69, 9.17) is 0 Å². The largest absolute Gasteiger partial charge is 0.0876 e. The smallest absolute Gasteiger partial charge is 0.0181 e. The number of allylic oxidation sites excluding steroid dienone is 6. The second-order valence-electron chi connectivity index (χ2n) is 9.22. The van der Waals surface area contributed by atoms with Gasteiger partial charge in [-0.1, -0.05) is 139 Å². The highest BCUT2D eigenvalue weighted by Crippen LogP contribution is 2.50. The summed E-state index contributed by atoms with van der Waals surface area (Å²) in [5.41, 5.74) is 9.57. The second kappa shape index (κ2) is 12.5. The fraction of sp³-hybridized carbons (Fsp3) is 0.0556. The van der Waals surface area contributed by atoms with Crippen LogP contribution in [0.15, 0.2) is 141 Å². The van der Waals surface area contributed by atoms with Crippen molar-refractivity contribution in [2.75, 3.05) is 0 Å². The van der Waals surface area contributed by atoms with Crippen LogP contribution in [0.1, 0.15) is 19.4 Å². The van der Waals surface area contributed by atoms with Gasteiger partial charge >= 0.3 is 0 Å². The third-order valence-corrected chi connectivity index (χ3v) is 8.25. The van der Waals surface area contributed by atoms with Crippen LogP contribution in [-0.2, 0) is 0 Å². The molecular weight excluding hydrogens is 672 g/mol. The van der Waals surface area contributed by atoms with Gasteiger partial charge in [0, 0.05) is 13.4 Å². The van der Waals surface area contributed by atoms with Gasteiger partial charge in [0.15, 0.2) is 0 Å². The number of benzene rings is 5. The van der Waals surface area contributed by atoms with Crippen molar-refractivity contribution >= 4 is 64.1 Å². The standard InChI is InChI=1S/C36H27Br3/c1-3-5-10-24(9-4-2)35-33(26-13-17-28(37)18-14-26)31-22-21-30(39)23-32(31)34(27-15-19-29(38)20-16-27)36(35)25-11-7-6-8-12-25/h3-23H,1-2H3/b5-3-,9-4-,24-10+. The minimum atomic E-state index is 1.06. The lowest BCUT2D eigenvalue weighted by atomic mass is 9.78. The highest BCUT2D eigenvalue weighted by atomic mass is 79.9. The minimum absolute atomic E-state index is 1.06. The fourth-order valence-corrected chi connectivity index (χ4v) is 5.97. The molecule has 5 rings (SSSR count). The average molecular weight is 699 g/mol. The Morgan fingerprint density at radius 1 is 0.538 bits per heavy atom. The maximum atomic E-state index is 3.78. The van der Waals surface area contributed by atoms with E-state index in [0.29, 0.717) is 0 Å². The van der Waals surface area contributed by atoms with Gasteiger partial charge in [-0.3, -0.25) is 0 Å². The molecule has 0 radical (unpaired) electrons. The molecule has 0 atom stereocenters. The van der Waals surface area contributed by atoms with Gasteiger partial charge in [0.1, 0.15) is 0 Å². The normalized spacial score (nSPS) is 12.2. The molecule has 0 aliphatic heterocycles. The number of rotatable bonds is 6. The van der Waals surface area contributed by atoms with Crippen LogP contribution in [-0.4, -0.2) is 0 Å². The van der Waals surface area contributed by atoms with Crippen molar-refractivity contribution in [3.8, 4) is 33.4 Å². The van der Waals surface area contributed by atoms with E-state index < -0.39 is 0 Å². The summed E-state index contributed by atoms with van der Waals surface area (Å²) >= 11 is 11.1. The first-order chi connectivity index (χ1) is 19.0. The van der Waals surface area contributed by atoms with Gasteiger partial charge in [-0.25, -0.2) is 0 Å². The van der Waals surface area contributed by atoms with Crippen LogP contribution in [0, 0.1) is 0 Å². The van der Waals surface area contributed by atoms with Gasteiger partial charge in [0.2, 0.25) is 0 Å². The van der Waals surface area contributed by atoms with Crippen molar-refractivity contribution in [3.63, 3.8) is 0 Å². The number of hydrogen-bond acceptors (Lipinski definition) is 0. The Balaban J connectivity index is 2.10. The van der Waals surface area contributed by atoms with Crippen LogP contribution < -0.4 is 0 Å². The Morgan fingerprint density at radius 3 is 1.69 bits per heavy atom. The molecule has 0 spiro atoms. The first-order valence-corrected chi connectivity index (χ1v) is 15.2. The summed E-state index contributed by atoms with van der Waals surface area (Å²) < 4.78 is 3.18. The molecule has 0 N–H and O–H groups in total. The molecule has 39 heavy (non-hydrogen) atoms. The Labute approximate surface area is 256 Å². The monoisotopic (exact) mass is 696 g/mol. The van der Waals surface area contributed by atoms with Crippen molar-refractivity contribution in [1.29, 1.82) is 0 Å². The van der Waals surface area contributed by atoms with Crippen molar-refractivity contribution in [2.45, 2.75) is 13.8 Å². The van der Waals surface area contributed by atoms with Gasteiger partial charge < -0.3 is 0 Å². The Hall–Kier alpha value is -2.98. The van der Waals surface area contributed by atoms with Crippen LogP contribution in [0.5, 0.6) is 0 Å². The number of hydrogen-bond donors (Lipinski definition) is 0. The Bertz CT molecular complexity index is 1710.